The van der Waals surface area contributed by atoms with Crippen LogP contribution in [0, 0.1) is 16.7 Å². The van der Waals surface area contributed by atoms with Gasteiger partial charge in [-0.15, -0.1) is 0 Å². The Balaban J connectivity index is 1.08. The number of carbonyl (C=O) groups excluding carboxylic acids is 11. The first kappa shape index (κ1) is 75.3. The molecular formula is C70H84N6O23. The molecule has 2 unspecified atom stereocenters. The van der Waals surface area contributed by atoms with Gasteiger partial charge in [-0.05, 0) is 92.8 Å². The number of primary amides is 1. The Labute approximate surface area is 569 Å². The lowest BCUT2D eigenvalue weighted by Gasteiger charge is -2.67. The Bertz CT molecular complexity index is 3690. The molecule has 15 atom stereocenters. The fraction of sp³-hybridized carbons (Fsp3) is 0.471. The van der Waals surface area contributed by atoms with E-state index in [2.05, 4.69) is 26.6 Å². The predicted octanol–water partition coefficient (Wildman–Crippen LogP) is 2.33. The Morgan fingerprint density at radius 3 is 1.89 bits per heavy atom. The van der Waals surface area contributed by atoms with Gasteiger partial charge in [0.25, 0.3) is 5.91 Å². The molecule has 4 aromatic rings. The van der Waals surface area contributed by atoms with Gasteiger partial charge >= 0.3 is 30.0 Å². The van der Waals surface area contributed by atoms with E-state index >= 15 is 4.79 Å². The number of aliphatic hydroxyl groups excluding tert-OH is 3. The minimum atomic E-state index is -2.61. The quantitative estimate of drug-likeness (QED) is 0.0177. The molecule has 5 amide bonds. The van der Waals surface area contributed by atoms with Crippen molar-refractivity contribution in [3.63, 3.8) is 0 Å². The molecule has 0 spiro atoms. The third-order valence-electron chi connectivity index (χ3n) is 18.9. The van der Waals surface area contributed by atoms with Crippen LogP contribution in [-0.2, 0) is 78.1 Å². The molecule has 8 rings (SSSR count). The van der Waals surface area contributed by atoms with E-state index < -0.39 is 199 Å². The molecule has 4 aromatic carbocycles. The Morgan fingerprint density at radius 2 is 1.31 bits per heavy atom. The number of anilines is 1. The van der Waals surface area contributed by atoms with E-state index in [9.17, 15) is 63.3 Å². The van der Waals surface area contributed by atoms with E-state index in [0.29, 0.717) is 11.1 Å². The van der Waals surface area contributed by atoms with Crippen molar-refractivity contribution in [3.05, 3.63) is 149 Å². The number of ketones is 1. The predicted molar refractivity (Wildman–Crippen MR) is 346 cm³/mol. The van der Waals surface area contributed by atoms with Crippen molar-refractivity contribution in [3.8, 4) is 0 Å². The second-order valence-electron chi connectivity index (χ2n) is 26.0. The van der Waals surface area contributed by atoms with E-state index in [1.807, 2.05) is 0 Å². The summed E-state index contributed by atoms with van der Waals surface area (Å²) in [5, 5.41) is 67.3. The number of amides is 5. The highest BCUT2D eigenvalue weighted by Crippen LogP contribution is 2.65. The Kier molecular flexibility index (Phi) is 24.0. The fourth-order valence-corrected chi connectivity index (χ4v) is 13.5. The lowest BCUT2D eigenvalue weighted by atomic mass is 9.44. The highest BCUT2D eigenvalue weighted by molar-refractivity contribution is 6.01. The van der Waals surface area contributed by atoms with Crippen LogP contribution < -0.4 is 32.3 Å². The SMILES string of the molecule is CC(=O)O[C@H]1C(=O)[C@@]2(C)C(C(OC(=O)c3ccccc3)[C@]3(O)C[C@H](OC(=O)[C@H](O)[C@@H](NC(=O)c4ccccc4)c4ccccc4)C(C)=C1C3(C)C)[C@]1(OC(C)=O)CO[C@@H]1C[C@@H]2OC(=O)OCc1ccc(NC(=O)[C@@H](CC(N)=O)NC(=O)[C@@H](C)NC(=O)[C@@H](C)NC[C@@H](O)CCC(O)O)cc1. The summed E-state index contributed by atoms with van der Waals surface area (Å²) in [6.45, 7) is 9.54. The molecule has 3 aliphatic carbocycles. The van der Waals surface area contributed by atoms with E-state index in [1.54, 1.807) is 54.6 Å². The number of nitrogens with two attached hydrogens (primary N) is 1. The van der Waals surface area contributed by atoms with Crippen molar-refractivity contribution < 1.29 is 111 Å². The van der Waals surface area contributed by atoms with Crippen LogP contribution in [0.25, 0.3) is 0 Å². The molecule has 29 nitrogen and oxygen atoms in total. The van der Waals surface area contributed by atoms with Crippen molar-refractivity contribution in [1.82, 2.24) is 21.3 Å². The molecule has 3 fully saturated rings. The molecule has 0 radical (unpaired) electrons. The molecule has 2 bridgehead atoms. The third kappa shape index (κ3) is 16.8. The van der Waals surface area contributed by atoms with Crippen LogP contribution in [-0.4, -0.2) is 182 Å². The zero-order valence-electron chi connectivity index (χ0n) is 55.8. The van der Waals surface area contributed by atoms with Gasteiger partial charge in [0.15, 0.2) is 29.9 Å². The first-order chi connectivity index (χ1) is 46.7. The van der Waals surface area contributed by atoms with Crippen molar-refractivity contribution in [2.45, 2.75) is 178 Å². The van der Waals surface area contributed by atoms with Crippen molar-refractivity contribution in [1.29, 1.82) is 0 Å². The summed E-state index contributed by atoms with van der Waals surface area (Å²) in [5.41, 5.74) is -2.63. The number of benzene rings is 4. The number of hydrogen-bond acceptors (Lipinski definition) is 24. The number of aliphatic hydroxyl groups is 5. The summed E-state index contributed by atoms with van der Waals surface area (Å²) >= 11 is 0. The van der Waals surface area contributed by atoms with Crippen LogP contribution in [0.4, 0.5) is 10.5 Å². The van der Waals surface area contributed by atoms with E-state index in [1.165, 1.54) is 102 Å². The standard InChI is InChI=1S/C70H84N6O23/c1-36-48(96-65(90)55(83)54(42-18-12-9-13-19-42)76-62(87)43-20-14-10-15-21-43)32-70(92)59(98-64(89)44-22-16-11-17-23-44)57-68(8,58(84)56(95-39(4)77)53(36)67(70,6)7)49(31-50-69(57,35-94-50)99-40(5)78)97-66(91)93-34-41-24-26-45(27-25-41)74-63(88)47(30-51(71)80)75-61(86)38(3)73-60(85)37(2)72-33-46(79)28-29-52(81)82/h9-27,37-38,46-50,52,54-57,59,72,79,81-83,92H,28-35H2,1-8H3,(H2,71,80)(H,73,85)(H,74,88)(H,75,86)(H,76,87)/t37-,38-,46+,47-,48+,49+,50-,54+,55-,56-,57?,59?,68-,69+,70-/m1/s1. The number of nitrogens with one attached hydrogen (secondary N) is 5. The summed E-state index contributed by atoms with van der Waals surface area (Å²) in [6, 6.07) is 24.1. The highest BCUT2D eigenvalue weighted by atomic mass is 16.7. The maximum Gasteiger partial charge on any atom is 0.508 e. The van der Waals surface area contributed by atoms with Crippen molar-refractivity contribution >= 4 is 71.0 Å². The van der Waals surface area contributed by atoms with Gasteiger partial charge < -0.3 is 91.0 Å². The summed E-state index contributed by atoms with van der Waals surface area (Å²) in [4.78, 5) is 153. The van der Waals surface area contributed by atoms with Crippen molar-refractivity contribution in [2.75, 3.05) is 18.5 Å². The second-order valence-corrected chi connectivity index (χ2v) is 26.0. The zero-order chi connectivity index (χ0) is 72.5. The normalized spacial score (nSPS) is 25.4. The molecule has 1 heterocycles. The first-order valence-corrected chi connectivity index (χ1v) is 32.1. The van der Waals surface area contributed by atoms with Gasteiger partial charge in [0.2, 0.25) is 23.6 Å². The minimum absolute atomic E-state index is 0.0318. The monoisotopic (exact) mass is 1380 g/mol. The van der Waals surface area contributed by atoms with Gasteiger partial charge in [-0.2, -0.15) is 0 Å². The molecule has 1 saturated heterocycles. The number of Topliss-reactive ketones (excluding diaryl/α,β-unsaturated/α-hetero) is 1. The largest absolute Gasteiger partial charge is 0.508 e. The minimum Gasteiger partial charge on any atom is -0.456 e. The average molecular weight is 1380 g/mol. The number of rotatable bonds is 27. The van der Waals surface area contributed by atoms with Gasteiger partial charge in [-0.25, -0.2) is 14.4 Å². The molecule has 4 aliphatic rings. The molecule has 99 heavy (non-hydrogen) atoms. The lowest BCUT2D eigenvalue weighted by Crippen LogP contribution is -2.82. The smallest absolute Gasteiger partial charge is 0.456 e. The maximum atomic E-state index is 16.5. The molecule has 2 saturated carbocycles. The number of fused-ring (bicyclic) bond motifs is 5. The van der Waals surface area contributed by atoms with Crippen LogP contribution in [0.15, 0.2) is 126 Å². The van der Waals surface area contributed by atoms with Gasteiger partial charge in [0.05, 0.1) is 48.1 Å². The van der Waals surface area contributed by atoms with Gasteiger partial charge in [-0.3, -0.25) is 38.4 Å². The topological polar surface area (TPSA) is 440 Å². The van der Waals surface area contributed by atoms with Crippen LogP contribution in [0.3, 0.4) is 0 Å². The first-order valence-electron chi connectivity index (χ1n) is 32.1. The molecule has 532 valence electrons. The van der Waals surface area contributed by atoms with Crippen LogP contribution >= 0.6 is 0 Å². The number of hydrogen-bond donors (Lipinski definition) is 11. The second kappa shape index (κ2) is 31.6. The maximum absolute atomic E-state index is 16.5. The zero-order valence-corrected chi connectivity index (χ0v) is 55.8. The fourth-order valence-electron chi connectivity index (χ4n) is 13.5. The van der Waals surface area contributed by atoms with E-state index in [4.69, 9.17) is 49.1 Å². The van der Waals surface area contributed by atoms with Gasteiger partial charge in [-0.1, -0.05) is 92.7 Å². The third-order valence-corrected chi connectivity index (χ3v) is 18.9. The molecule has 0 aromatic heterocycles. The van der Waals surface area contributed by atoms with Crippen LogP contribution in [0.5, 0.6) is 0 Å². The summed E-state index contributed by atoms with van der Waals surface area (Å²) in [5.74, 6) is -11.2. The Hall–Kier alpha value is -9.49. The molecule has 29 heteroatoms. The van der Waals surface area contributed by atoms with E-state index in [-0.39, 0.29) is 47.3 Å². The van der Waals surface area contributed by atoms with Crippen LogP contribution in [0.2, 0.25) is 0 Å². The molecule has 1 aliphatic heterocycles. The molecule has 12 N–H and O–H groups in total. The summed E-state index contributed by atoms with van der Waals surface area (Å²) in [7, 11) is 0. The lowest BCUT2D eigenvalue weighted by molar-refractivity contribution is -0.346. The summed E-state index contributed by atoms with van der Waals surface area (Å²) < 4.78 is 43.0. The average Bonchev–Trinajstić information content (AvgIpc) is 0.670. The van der Waals surface area contributed by atoms with Gasteiger partial charge in [0.1, 0.15) is 48.7 Å². The number of ether oxygens (including phenoxy) is 7. The van der Waals surface area contributed by atoms with Crippen LogP contribution in [0.1, 0.15) is 125 Å². The van der Waals surface area contributed by atoms with E-state index in [0.717, 1.165) is 13.8 Å². The highest BCUT2D eigenvalue weighted by Gasteiger charge is 2.79. The number of esters is 4. The van der Waals surface area contributed by atoms with Crippen molar-refractivity contribution in [2.24, 2.45) is 22.5 Å². The number of carbonyl (C=O) groups is 11. The Morgan fingerprint density at radius 1 is 0.707 bits per heavy atom. The van der Waals surface area contributed by atoms with Gasteiger partial charge in [0, 0.05) is 56.3 Å². The molecular weight excluding hydrogens is 1290 g/mol. The summed E-state index contributed by atoms with van der Waals surface area (Å²) in [6.07, 6.45) is -16.8.